The molecule has 0 unspecified atom stereocenters. The van der Waals surface area contributed by atoms with Gasteiger partial charge >= 0.3 is 11.9 Å². The third-order valence-corrected chi connectivity index (χ3v) is 5.26. The van der Waals surface area contributed by atoms with E-state index in [4.69, 9.17) is 9.47 Å². The lowest BCUT2D eigenvalue weighted by molar-refractivity contribution is 0.0599. The Kier molecular flexibility index (Phi) is 5.19. The summed E-state index contributed by atoms with van der Waals surface area (Å²) in [6.45, 7) is 1.71. The van der Waals surface area contributed by atoms with E-state index in [1.54, 1.807) is 19.2 Å². The Balaban J connectivity index is 2.00. The van der Waals surface area contributed by atoms with Crippen LogP contribution in [0.5, 0.6) is 0 Å². The second-order valence-corrected chi connectivity index (χ2v) is 7.28. The van der Waals surface area contributed by atoms with Gasteiger partial charge in [-0.15, -0.1) is 5.10 Å². The summed E-state index contributed by atoms with van der Waals surface area (Å²) in [5, 5.41) is 5.26. The van der Waals surface area contributed by atoms with E-state index in [0.717, 1.165) is 0 Å². The van der Waals surface area contributed by atoms with Gasteiger partial charge in [-0.2, -0.15) is 9.50 Å². The van der Waals surface area contributed by atoms with Gasteiger partial charge in [0.15, 0.2) is 0 Å². The van der Waals surface area contributed by atoms with E-state index in [2.05, 4.69) is 15.1 Å². The van der Waals surface area contributed by atoms with Gasteiger partial charge in [0, 0.05) is 6.20 Å². The smallest absolute Gasteiger partial charge is 0.337 e. The van der Waals surface area contributed by atoms with E-state index in [-0.39, 0.29) is 16.7 Å². The van der Waals surface area contributed by atoms with Crippen LogP contribution >= 0.6 is 11.8 Å². The Morgan fingerprint density at radius 2 is 1.68 bits per heavy atom. The average molecular weight is 439 g/mol. The molecule has 0 fully saturated rings. The van der Waals surface area contributed by atoms with E-state index < -0.39 is 11.9 Å². The van der Waals surface area contributed by atoms with Crippen LogP contribution in [0.1, 0.15) is 26.4 Å². The van der Waals surface area contributed by atoms with Crippen LogP contribution < -0.4 is 5.56 Å². The minimum atomic E-state index is -0.646. The van der Waals surface area contributed by atoms with Crippen LogP contribution in [-0.2, 0) is 9.47 Å². The molecule has 0 amide bonds. The largest absolute Gasteiger partial charge is 0.465 e. The van der Waals surface area contributed by atoms with Crippen molar-refractivity contribution in [3.63, 3.8) is 0 Å². The van der Waals surface area contributed by atoms with Gasteiger partial charge in [-0.1, -0.05) is 11.8 Å². The summed E-state index contributed by atoms with van der Waals surface area (Å²) in [4.78, 5) is 46.3. The lowest BCUT2D eigenvalue weighted by atomic mass is 10.1. The molecule has 4 aromatic rings. The highest BCUT2D eigenvalue weighted by molar-refractivity contribution is 7.98. The number of rotatable bonds is 4. The van der Waals surface area contributed by atoms with E-state index in [9.17, 15) is 14.4 Å². The standard InChI is InChI=1S/C20H17N5O5S/c1-10-15-14(25-19(21-10)22-20(23-25)31-4)5-6-24(16(15)26)13-8-11(17(27)29-2)7-12(9-13)18(28)30-3/h5-9H,1-4H3. The minimum absolute atomic E-state index is 0.110. The first-order chi connectivity index (χ1) is 14.9. The number of hydrogen-bond donors (Lipinski definition) is 0. The molecular weight excluding hydrogens is 422 g/mol. The molecule has 0 N–H and O–H groups in total. The number of ether oxygens (including phenoxy) is 2. The summed E-state index contributed by atoms with van der Waals surface area (Å²) in [5.74, 6) is -0.896. The first-order valence-corrected chi connectivity index (χ1v) is 10.2. The van der Waals surface area contributed by atoms with Crippen LogP contribution in [0.4, 0.5) is 0 Å². The Morgan fingerprint density at radius 3 is 2.26 bits per heavy atom. The first-order valence-electron chi connectivity index (χ1n) is 9.02. The zero-order valence-corrected chi connectivity index (χ0v) is 17.9. The molecule has 10 nitrogen and oxygen atoms in total. The number of methoxy groups -OCH3 is 2. The molecule has 0 aliphatic carbocycles. The zero-order valence-electron chi connectivity index (χ0n) is 17.1. The molecule has 0 aliphatic rings. The Morgan fingerprint density at radius 1 is 1.03 bits per heavy atom. The number of pyridine rings is 1. The topological polar surface area (TPSA) is 118 Å². The fraction of sp³-hybridized carbons (Fsp3) is 0.200. The maximum atomic E-state index is 13.4. The molecular formula is C20H17N5O5S. The second-order valence-electron chi connectivity index (χ2n) is 6.51. The first kappa shape index (κ1) is 20.5. The van der Waals surface area contributed by atoms with E-state index in [1.165, 1.54) is 53.3 Å². The number of aryl methyl sites for hydroxylation is 1. The molecule has 31 heavy (non-hydrogen) atoms. The summed E-state index contributed by atoms with van der Waals surface area (Å²) in [5.41, 5.74) is 1.17. The Labute approximate surface area is 179 Å². The maximum absolute atomic E-state index is 13.4. The summed E-state index contributed by atoms with van der Waals surface area (Å²) >= 11 is 1.37. The monoisotopic (exact) mass is 439 g/mol. The number of hydrogen-bond acceptors (Lipinski definition) is 9. The summed E-state index contributed by atoms with van der Waals surface area (Å²) in [7, 11) is 2.46. The fourth-order valence-electron chi connectivity index (χ4n) is 3.28. The molecule has 0 spiro atoms. The SMILES string of the molecule is COC(=O)c1cc(C(=O)OC)cc(-n2ccc3c(c(C)nc4nc(SC)nn43)c2=O)c1. The summed E-state index contributed by atoms with van der Waals surface area (Å²) in [6, 6.07) is 5.99. The lowest BCUT2D eigenvalue weighted by Crippen LogP contribution is -2.21. The van der Waals surface area contributed by atoms with Gasteiger partial charge in [0.05, 0.1) is 47.6 Å². The van der Waals surface area contributed by atoms with Gasteiger partial charge in [-0.05, 0) is 37.4 Å². The van der Waals surface area contributed by atoms with Gasteiger partial charge in [-0.25, -0.2) is 14.6 Å². The molecule has 1 aromatic carbocycles. The molecule has 0 saturated carbocycles. The zero-order chi connectivity index (χ0) is 22.3. The van der Waals surface area contributed by atoms with Crippen molar-refractivity contribution in [2.45, 2.75) is 12.1 Å². The third kappa shape index (κ3) is 3.42. The van der Waals surface area contributed by atoms with Gasteiger partial charge in [0.1, 0.15) is 0 Å². The van der Waals surface area contributed by atoms with E-state index >= 15 is 0 Å². The Bertz CT molecular complexity index is 1390. The number of nitrogens with zero attached hydrogens (tertiary/aromatic N) is 5. The van der Waals surface area contributed by atoms with Crippen LogP contribution in [0, 0.1) is 6.92 Å². The van der Waals surface area contributed by atoms with Crippen molar-refractivity contribution in [1.82, 2.24) is 24.1 Å². The number of aromatic nitrogens is 5. The Hall–Kier alpha value is -3.73. The fourth-order valence-corrected chi connectivity index (χ4v) is 3.62. The summed E-state index contributed by atoms with van der Waals surface area (Å²) < 4.78 is 12.4. The van der Waals surface area contributed by atoms with Crippen molar-refractivity contribution < 1.29 is 19.1 Å². The molecule has 3 heterocycles. The number of carbonyl (C=O) groups excluding carboxylic acids is 2. The number of fused-ring (bicyclic) bond motifs is 3. The maximum Gasteiger partial charge on any atom is 0.337 e. The number of thioether (sulfide) groups is 1. The van der Waals surface area contributed by atoms with Crippen molar-refractivity contribution >= 4 is 40.4 Å². The quantitative estimate of drug-likeness (QED) is 0.348. The average Bonchev–Trinajstić information content (AvgIpc) is 3.20. The molecule has 0 radical (unpaired) electrons. The van der Waals surface area contributed by atoms with Crippen LogP contribution in [0.15, 0.2) is 40.4 Å². The second kappa shape index (κ2) is 7.84. The number of benzene rings is 1. The van der Waals surface area contributed by atoms with Crippen molar-refractivity contribution in [2.24, 2.45) is 0 Å². The predicted molar refractivity (Wildman–Crippen MR) is 113 cm³/mol. The molecule has 4 rings (SSSR count). The minimum Gasteiger partial charge on any atom is -0.465 e. The molecule has 158 valence electrons. The highest BCUT2D eigenvalue weighted by Crippen LogP contribution is 2.20. The normalized spacial score (nSPS) is 11.1. The molecule has 11 heteroatoms. The van der Waals surface area contributed by atoms with E-state index in [0.29, 0.717) is 33.2 Å². The predicted octanol–water partition coefficient (Wildman–Crippen LogP) is 2.03. The molecule has 0 saturated heterocycles. The van der Waals surface area contributed by atoms with Crippen LogP contribution in [0.2, 0.25) is 0 Å². The summed E-state index contributed by atoms with van der Waals surface area (Å²) in [6.07, 6.45) is 3.39. The van der Waals surface area contributed by atoms with Crippen molar-refractivity contribution in [1.29, 1.82) is 0 Å². The van der Waals surface area contributed by atoms with Crippen LogP contribution in [-0.4, -0.2) is 56.6 Å². The molecule has 0 aliphatic heterocycles. The van der Waals surface area contributed by atoms with Crippen molar-refractivity contribution in [3.8, 4) is 5.69 Å². The van der Waals surface area contributed by atoms with Gasteiger partial charge in [-0.3, -0.25) is 9.36 Å². The molecule has 3 aromatic heterocycles. The van der Waals surface area contributed by atoms with Crippen LogP contribution in [0.25, 0.3) is 22.4 Å². The van der Waals surface area contributed by atoms with Crippen molar-refractivity contribution in [2.75, 3.05) is 20.5 Å². The van der Waals surface area contributed by atoms with Gasteiger partial charge in [0.2, 0.25) is 5.16 Å². The number of esters is 2. The molecule has 0 bridgehead atoms. The lowest BCUT2D eigenvalue weighted by Gasteiger charge is -2.12. The van der Waals surface area contributed by atoms with E-state index in [1.807, 2.05) is 6.26 Å². The number of carbonyl (C=O) groups is 2. The molecule has 0 atom stereocenters. The highest BCUT2D eigenvalue weighted by atomic mass is 32.2. The van der Waals surface area contributed by atoms with Crippen LogP contribution in [0.3, 0.4) is 0 Å². The van der Waals surface area contributed by atoms with Crippen molar-refractivity contribution in [3.05, 3.63) is 57.6 Å². The van der Waals surface area contributed by atoms with Gasteiger partial charge in [0.25, 0.3) is 11.3 Å². The third-order valence-electron chi connectivity index (χ3n) is 4.72. The highest BCUT2D eigenvalue weighted by Gasteiger charge is 2.18. The van der Waals surface area contributed by atoms with Gasteiger partial charge < -0.3 is 9.47 Å².